The van der Waals surface area contributed by atoms with Gasteiger partial charge in [-0.15, -0.1) is 0 Å². The molecule has 2 aromatic heterocycles. The highest BCUT2D eigenvalue weighted by Crippen LogP contribution is 2.26. The smallest absolute Gasteiger partial charge is 0.228 e. The molecule has 0 spiro atoms. The van der Waals surface area contributed by atoms with E-state index in [2.05, 4.69) is 32.1 Å². The van der Waals surface area contributed by atoms with Crippen molar-refractivity contribution in [1.82, 2.24) is 29.1 Å². The van der Waals surface area contributed by atoms with Gasteiger partial charge in [0.15, 0.2) is 0 Å². The van der Waals surface area contributed by atoms with Gasteiger partial charge in [0.1, 0.15) is 16.8 Å². The van der Waals surface area contributed by atoms with Gasteiger partial charge < -0.3 is 25.6 Å². The molecule has 2 aliphatic rings. The van der Waals surface area contributed by atoms with Crippen LogP contribution in [0.15, 0.2) is 47.6 Å². The Labute approximate surface area is 220 Å². The zero-order chi connectivity index (χ0) is 26.2. The second kappa shape index (κ2) is 12.9. The van der Waals surface area contributed by atoms with Gasteiger partial charge >= 0.3 is 0 Å². The number of benzene rings is 1. The fraction of sp³-hybridized carbons (Fsp3) is 0.440. The van der Waals surface area contributed by atoms with Crippen molar-refractivity contribution >= 4 is 34.4 Å². The van der Waals surface area contributed by atoms with Crippen LogP contribution in [0.1, 0.15) is 13.8 Å². The lowest BCUT2D eigenvalue weighted by molar-refractivity contribution is 0.122. The summed E-state index contributed by atoms with van der Waals surface area (Å²) in [6.07, 6.45) is 3.30. The Bertz CT molecular complexity index is 1180. The highest BCUT2D eigenvalue weighted by atomic mass is 32.2. The number of piperazine rings is 1. The number of ether oxygens (including phenoxy) is 1. The molecule has 198 valence electrons. The highest BCUT2D eigenvalue weighted by Gasteiger charge is 2.21. The summed E-state index contributed by atoms with van der Waals surface area (Å²) < 4.78 is 20.7. The Balaban J connectivity index is 0.00000156. The monoisotopic (exact) mass is 525 g/mol. The van der Waals surface area contributed by atoms with Gasteiger partial charge in [0.25, 0.3) is 0 Å². The number of nitrogens with two attached hydrogens (primary N) is 1. The molecule has 2 fully saturated rings. The largest absolute Gasteiger partial charge is 0.378 e. The number of hydrogen-bond acceptors (Lipinski definition) is 10. The van der Waals surface area contributed by atoms with E-state index in [0.717, 1.165) is 42.3 Å². The summed E-state index contributed by atoms with van der Waals surface area (Å²) in [5, 5.41) is 3.37. The molecule has 0 saturated carbocycles. The number of rotatable bonds is 6. The van der Waals surface area contributed by atoms with Crippen LogP contribution in [0.5, 0.6) is 0 Å². The Morgan fingerprint density at radius 3 is 2.38 bits per heavy atom. The second-order valence-electron chi connectivity index (χ2n) is 8.50. The van der Waals surface area contributed by atoms with Gasteiger partial charge in [-0.2, -0.15) is 4.98 Å². The fourth-order valence-electron chi connectivity index (χ4n) is 3.95. The maximum absolute atomic E-state index is 13.2. The SMILES string of the molecule is CC.CN1CCN(S(=O)c2cccc(Nc3cc(-c4cnc(N)nc4)nc(N4CCOCC4)n3)c2)CC1. The van der Waals surface area contributed by atoms with Crippen molar-refractivity contribution in [2.24, 2.45) is 0 Å². The molecule has 12 heteroatoms. The Morgan fingerprint density at radius 2 is 1.68 bits per heavy atom. The van der Waals surface area contributed by atoms with Crippen molar-refractivity contribution in [2.75, 3.05) is 75.5 Å². The minimum atomic E-state index is -1.21. The highest BCUT2D eigenvalue weighted by molar-refractivity contribution is 7.82. The fourth-order valence-corrected chi connectivity index (χ4v) is 5.17. The third-order valence-electron chi connectivity index (χ3n) is 5.98. The number of aromatic nitrogens is 4. The Kier molecular flexibility index (Phi) is 9.34. The van der Waals surface area contributed by atoms with Gasteiger partial charge in [0.05, 0.1) is 23.8 Å². The van der Waals surface area contributed by atoms with Crippen LogP contribution in [0.25, 0.3) is 11.3 Å². The number of likely N-dealkylation sites (N-methyl/N-ethyl adjacent to an activating group) is 1. The van der Waals surface area contributed by atoms with Crippen LogP contribution >= 0.6 is 0 Å². The van der Waals surface area contributed by atoms with Crippen molar-refractivity contribution < 1.29 is 8.95 Å². The van der Waals surface area contributed by atoms with Crippen molar-refractivity contribution in [2.45, 2.75) is 18.7 Å². The molecule has 0 radical (unpaired) electrons. The molecular weight excluding hydrogens is 490 g/mol. The summed E-state index contributed by atoms with van der Waals surface area (Å²) in [5.41, 5.74) is 7.89. The van der Waals surface area contributed by atoms with Crippen LogP contribution < -0.4 is 16.0 Å². The summed E-state index contributed by atoms with van der Waals surface area (Å²) in [7, 11) is 0.872. The lowest BCUT2D eigenvalue weighted by atomic mass is 10.2. The maximum Gasteiger partial charge on any atom is 0.228 e. The number of nitrogens with one attached hydrogen (secondary N) is 1. The van der Waals surface area contributed by atoms with E-state index in [-0.39, 0.29) is 5.95 Å². The lowest BCUT2D eigenvalue weighted by Crippen LogP contribution is -2.45. The lowest BCUT2D eigenvalue weighted by Gasteiger charge is -2.31. The molecule has 0 aliphatic carbocycles. The van der Waals surface area contributed by atoms with E-state index in [4.69, 9.17) is 20.4 Å². The normalized spacial score (nSPS) is 17.5. The van der Waals surface area contributed by atoms with Crippen LogP contribution in [0.2, 0.25) is 0 Å². The topological polar surface area (TPSA) is 126 Å². The third-order valence-corrected chi connectivity index (χ3v) is 7.47. The number of nitrogens with zero attached hydrogens (tertiary/aromatic N) is 7. The van der Waals surface area contributed by atoms with Gasteiger partial charge in [-0.25, -0.2) is 23.5 Å². The minimum absolute atomic E-state index is 0.208. The average molecular weight is 526 g/mol. The first-order valence-electron chi connectivity index (χ1n) is 12.6. The van der Waals surface area contributed by atoms with E-state index in [0.29, 0.717) is 43.8 Å². The van der Waals surface area contributed by atoms with E-state index >= 15 is 0 Å². The predicted molar refractivity (Wildman–Crippen MR) is 147 cm³/mol. The van der Waals surface area contributed by atoms with Crippen molar-refractivity contribution in [3.8, 4) is 11.3 Å². The Morgan fingerprint density at radius 1 is 0.973 bits per heavy atom. The molecule has 0 amide bonds. The summed E-state index contributed by atoms with van der Waals surface area (Å²) in [5.74, 6) is 1.43. The Hall–Kier alpha value is -3.19. The standard InChI is InChI=1S/C23H29N9O2S.C2H6/c1-30-5-7-32(8-6-30)35(33)19-4-2-3-18(13-19)27-21-14-20(17-15-25-22(24)26-16-17)28-23(29-21)31-9-11-34-12-10-31;1-2/h2-4,13-16H,5-12H2,1H3,(H2,24,25,26)(H,27,28,29);1-2H3. The van der Waals surface area contributed by atoms with E-state index in [1.165, 1.54) is 0 Å². The van der Waals surface area contributed by atoms with Crippen LogP contribution in [0.4, 0.5) is 23.4 Å². The number of anilines is 4. The van der Waals surface area contributed by atoms with Crippen LogP contribution in [0.3, 0.4) is 0 Å². The summed E-state index contributed by atoms with van der Waals surface area (Å²) in [4.78, 5) is 22.8. The van der Waals surface area contributed by atoms with Crippen LogP contribution in [-0.2, 0) is 15.7 Å². The molecule has 3 aromatic rings. The zero-order valence-corrected chi connectivity index (χ0v) is 22.4. The van der Waals surface area contributed by atoms with Crippen LogP contribution in [0, 0.1) is 0 Å². The molecule has 2 aliphatic heterocycles. The van der Waals surface area contributed by atoms with Gasteiger partial charge in [-0.1, -0.05) is 19.9 Å². The first-order valence-corrected chi connectivity index (χ1v) is 13.7. The van der Waals surface area contributed by atoms with E-state index in [1.54, 1.807) is 12.4 Å². The zero-order valence-electron chi connectivity index (χ0n) is 21.6. The van der Waals surface area contributed by atoms with Crippen molar-refractivity contribution in [3.05, 3.63) is 42.7 Å². The molecule has 1 unspecified atom stereocenters. The number of hydrogen-bond donors (Lipinski definition) is 2. The van der Waals surface area contributed by atoms with Crippen molar-refractivity contribution in [1.29, 1.82) is 0 Å². The molecule has 1 aromatic carbocycles. The number of morpholine rings is 1. The van der Waals surface area contributed by atoms with E-state index in [1.807, 2.05) is 48.5 Å². The summed E-state index contributed by atoms with van der Waals surface area (Å²) in [6.45, 7) is 10.1. The first kappa shape index (κ1) is 26.9. The quantitative estimate of drug-likeness (QED) is 0.495. The van der Waals surface area contributed by atoms with Gasteiger partial charge in [-0.05, 0) is 25.2 Å². The molecule has 4 heterocycles. The van der Waals surface area contributed by atoms with E-state index < -0.39 is 11.0 Å². The molecule has 1 atom stereocenters. The van der Waals surface area contributed by atoms with Crippen molar-refractivity contribution in [3.63, 3.8) is 0 Å². The minimum Gasteiger partial charge on any atom is -0.378 e. The van der Waals surface area contributed by atoms with Gasteiger partial charge in [0.2, 0.25) is 11.9 Å². The van der Waals surface area contributed by atoms with Gasteiger partial charge in [0, 0.05) is 69.0 Å². The molecule has 11 nitrogen and oxygen atoms in total. The van der Waals surface area contributed by atoms with E-state index in [9.17, 15) is 4.21 Å². The summed E-state index contributed by atoms with van der Waals surface area (Å²) in [6, 6.07) is 9.51. The third kappa shape index (κ3) is 6.98. The molecule has 3 N–H and O–H groups in total. The second-order valence-corrected chi connectivity index (χ2v) is 9.99. The molecule has 5 rings (SSSR count). The number of nitrogen functional groups attached to an aromatic ring is 1. The first-order chi connectivity index (χ1) is 18.0. The molecule has 37 heavy (non-hydrogen) atoms. The van der Waals surface area contributed by atoms with Crippen LogP contribution in [-0.4, -0.2) is 92.9 Å². The predicted octanol–water partition coefficient (Wildman–Crippen LogP) is 2.39. The maximum atomic E-state index is 13.2. The average Bonchev–Trinajstić information content (AvgIpc) is 2.95. The summed E-state index contributed by atoms with van der Waals surface area (Å²) >= 11 is 0. The molecule has 0 bridgehead atoms. The molecular formula is C25H35N9O2S. The molecule has 2 saturated heterocycles. The van der Waals surface area contributed by atoms with Gasteiger partial charge in [-0.3, -0.25) is 0 Å².